The summed E-state index contributed by atoms with van der Waals surface area (Å²) in [4.78, 5) is 0. The summed E-state index contributed by atoms with van der Waals surface area (Å²) in [6.45, 7) is 0. The van der Waals surface area contributed by atoms with Crippen LogP contribution in [-0.2, 0) is 10.1 Å². The molecule has 266 valence electrons. The van der Waals surface area contributed by atoms with Gasteiger partial charge in [-0.05, 0) is 101 Å². The van der Waals surface area contributed by atoms with Gasteiger partial charge in [-0.2, -0.15) is 21.6 Å². The number of furan rings is 1. The van der Waals surface area contributed by atoms with Crippen LogP contribution in [0.15, 0.2) is 168 Å². The number of rotatable bonds is 5. The molecular weight excluding hydrogens is 718 g/mol. The molecule has 8 heteroatoms. The first-order valence-electron chi connectivity index (χ1n) is 17.6. The van der Waals surface area contributed by atoms with Crippen molar-refractivity contribution in [3.8, 4) is 39.1 Å². The van der Waals surface area contributed by atoms with Crippen molar-refractivity contribution in [1.82, 2.24) is 0 Å². The molecular formula is C47H27F3O4S. The van der Waals surface area contributed by atoms with E-state index in [9.17, 15) is 21.6 Å². The van der Waals surface area contributed by atoms with Gasteiger partial charge in [0.1, 0.15) is 11.2 Å². The molecule has 0 saturated heterocycles. The second kappa shape index (κ2) is 12.2. The van der Waals surface area contributed by atoms with Crippen LogP contribution in [0.5, 0.6) is 5.75 Å². The number of benzene rings is 9. The maximum atomic E-state index is 13.3. The van der Waals surface area contributed by atoms with Crippen molar-refractivity contribution in [3.63, 3.8) is 0 Å². The van der Waals surface area contributed by atoms with Crippen molar-refractivity contribution in [1.29, 1.82) is 0 Å². The van der Waals surface area contributed by atoms with Crippen LogP contribution in [0.25, 0.3) is 98.4 Å². The van der Waals surface area contributed by atoms with Gasteiger partial charge >= 0.3 is 15.6 Å². The molecule has 0 fully saturated rings. The van der Waals surface area contributed by atoms with E-state index in [0.29, 0.717) is 10.9 Å². The molecule has 10 rings (SSSR count). The molecule has 0 N–H and O–H groups in total. The van der Waals surface area contributed by atoms with Gasteiger partial charge in [0.15, 0.2) is 5.75 Å². The molecule has 0 bridgehead atoms. The molecule has 0 spiro atoms. The van der Waals surface area contributed by atoms with E-state index in [1.807, 2.05) is 54.6 Å². The first-order valence-corrected chi connectivity index (χ1v) is 19.0. The third-order valence-electron chi connectivity index (χ3n) is 10.4. The Balaban J connectivity index is 1.20. The zero-order valence-electron chi connectivity index (χ0n) is 28.8. The molecule has 0 aliphatic heterocycles. The Morgan fingerprint density at radius 3 is 1.58 bits per heavy atom. The maximum Gasteiger partial charge on any atom is 0.534 e. The van der Waals surface area contributed by atoms with Gasteiger partial charge in [-0.1, -0.05) is 133 Å². The topological polar surface area (TPSA) is 56.5 Å². The minimum absolute atomic E-state index is 0.245. The molecule has 0 amide bonds. The first-order chi connectivity index (χ1) is 26.7. The van der Waals surface area contributed by atoms with E-state index in [2.05, 4.69) is 83.0 Å². The second-order valence-corrected chi connectivity index (χ2v) is 15.1. The van der Waals surface area contributed by atoms with Crippen LogP contribution in [0, 0.1) is 0 Å². The van der Waals surface area contributed by atoms with Crippen LogP contribution in [-0.4, -0.2) is 13.9 Å². The molecule has 0 aliphatic carbocycles. The maximum absolute atomic E-state index is 13.3. The predicted molar refractivity (Wildman–Crippen MR) is 216 cm³/mol. The highest BCUT2D eigenvalue weighted by Gasteiger charge is 2.48. The fourth-order valence-electron chi connectivity index (χ4n) is 8.02. The zero-order chi connectivity index (χ0) is 37.5. The van der Waals surface area contributed by atoms with Gasteiger partial charge in [-0.15, -0.1) is 0 Å². The third kappa shape index (κ3) is 5.24. The van der Waals surface area contributed by atoms with Gasteiger partial charge in [0, 0.05) is 16.2 Å². The summed E-state index contributed by atoms with van der Waals surface area (Å²) in [7, 11) is -5.86. The number of para-hydroxylation sites is 1. The number of fused-ring (bicyclic) bond motifs is 7. The average molecular weight is 745 g/mol. The lowest BCUT2D eigenvalue weighted by atomic mass is 9.83. The summed E-state index contributed by atoms with van der Waals surface area (Å²) in [5, 5.41) is 9.25. The van der Waals surface area contributed by atoms with Crippen molar-refractivity contribution in [3.05, 3.63) is 164 Å². The largest absolute Gasteiger partial charge is 0.534 e. The van der Waals surface area contributed by atoms with Gasteiger partial charge in [-0.3, -0.25) is 0 Å². The Morgan fingerprint density at radius 1 is 0.455 bits per heavy atom. The standard InChI is InChI=1S/C47H27F3O4S/c48-47(49,50)55(51,52)54-42-20-8-11-29-23-25-31(27-40(29)42)30-24-22-28-10-7-17-36(39(28)26-30)44-32-12-1-3-14-34(32)45(35-15-4-2-13-33(35)44)38-18-9-21-43-46(38)37-16-5-6-19-41(37)53-43/h1-27H. The number of hydrogen-bond acceptors (Lipinski definition) is 4. The summed E-state index contributed by atoms with van der Waals surface area (Å²) in [6.07, 6.45) is 0. The lowest BCUT2D eigenvalue weighted by Crippen LogP contribution is -2.28. The molecule has 0 aliphatic rings. The van der Waals surface area contributed by atoms with E-state index in [4.69, 9.17) is 4.42 Å². The second-order valence-electron chi connectivity index (χ2n) is 13.5. The van der Waals surface area contributed by atoms with E-state index in [-0.39, 0.29) is 5.39 Å². The summed E-state index contributed by atoms with van der Waals surface area (Å²) < 4.78 is 74.7. The third-order valence-corrected chi connectivity index (χ3v) is 11.4. The predicted octanol–water partition coefficient (Wildman–Crippen LogP) is 13.4. The van der Waals surface area contributed by atoms with Crippen molar-refractivity contribution < 1.29 is 30.2 Å². The fourth-order valence-corrected chi connectivity index (χ4v) is 8.50. The molecule has 9 aromatic carbocycles. The molecule has 1 aromatic heterocycles. The Kier molecular flexibility index (Phi) is 7.31. The molecule has 1 heterocycles. The van der Waals surface area contributed by atoms with E-state index >= 15 is 0 Å². The van der Waals surface area contributed by atoms with Gasteiger partial charge in [0.25, 0.3) is 0 Å². The van der Waals surface area contributed by atoms with Crippen molar-refractivity contribution >= 4 is 75.1 Å². The molecule has 10 aromatic rings. The molecule has 55 heavy (non-hydrogen) atoms. The molecule has 0 saturated carbocycles. The molecule has 4 nitrogen and oxygen atoms in total. The Bertz CT molecular complexity index is 3250. The summed E-state index contributed by atoms with van der Waals surface area (Å²) in [5.74, 6) is -0.393. The van der Waals surface area contributed by atoms with Crippen LogP contribution < -0.4 is 4.18 Å². The SMILES string of the molecule is O=S(=O)(Oc1cccc2ccc(-c3ccc4cccc(-c5c6ccccc6c(-c6cccc7oc8ccccc8c67)c6ccccc56)c4c3)cc12)C(F)(F)F. The molecule has 0 radical (unpaired) electrons. The van der Waals surface area contributed by atoms with Crippen molar-refractivity contribution in [2.75, 3.05) is 0 Å². The number of hydrogen-bond donors (Lipinski definition) is 0. The van der Waals surface area contributed by atoms with Crippen molar-refractivity contribution in [2.24, 2.45) is 0 Å². The summed E-state index contributed by atoms with van der Waals surface area (Å²) in [5.41, 5.74) is 1.90. The summed E-state index contributed by atoms with van der Waals surface area (Å²) >= 11 is 0. The van der Waals surface area contributed by atoms with E-state index < -0.39 is 21.4 Å². The van der Waals surface area contributed by atoms with Crippen LogP contribution in [0.3, 0.4) is 0 Å². The fraction of sp³-hybridized carbons (Fsp3) is 0.0213. The smallest absolute Gasteiger partial charge is 0.456 e. The monoisotopic (exact) mass is 744 g/mol. The van der Waals surface area contributed by atoms with Crippen LogP contribution in [0.2, 0.25) is 0 Å². The van der Waals surface area contributed by atoms with E-state index in [0.717, 1.165) is 82.1 Å². The molecule has 0 unspecified atom stereocenters. The van der Waals surface area contributed by atoms with Gasteiger partial charge in [-0.25, -0.2) is 0 Å². The van der Waals surface area contributed by atoms with Crippen LogP contribution >= 0.6 is 0 Å². The van der Waals surface area contributed by atoms with Gasteiger partial charge in [0.2, 0.25) is 0 Å². The van der Waals surface area contributed by atoms with Gasteiger partial charge < -0.3 is 8.60 Å². The van der Waals surface area contributed by atoms with Crippen LogP contribution in [0.1, 0.15) is 0 Å². The number of alkyl halides is 3. The lowest BCUT2D eigenvalue weighted by molar-refractivity contribution is -0.0499. The highest BCUT2D eigenvalue weighted by Crippen LogP contribution is 2.48. The molecule has 0 atom stereocenters. The highest BCUT2D eigenvalue weighted by atomic mass is 32.2. The van der Waals surface area contributed by atoms with Crippen molar-refractivity contribution in [2.45, 2.75) is 5.51 Å². The quantitative estimate of drug-likeness (QED) is 0.100. The van der Waals surface area contributed by atoms with E-state index in [1.165, 1.54) is 12.1 Å². The minimum Gasteiger partial charge on any atom is -0.456 e. The Morgan fingerprint density at radius 2 is 0.945 bits per heavy atom. The number of halogens is 3. The zero-order valence-corrected chi connectivity index (χ0v) is 29.6. The highest BCUT2D eigenvalue weighted by molar-refractivity contribution is 7.88. The Labute approximate surface area is 312 Å². The van der Waals surface area contributed by atoms with E-state index in [1.54, 1.807) is 18.2 Å². The average Bonchev–Trinajstić information content (AvgIpc) is 3.58. The normalized spacial score (nSPS) is 12.4. The lowest BCUT2D eigenvalue weighted by Gasteiger charge is -2.19. The first kappa shape index (κ1) is 33.0. The van der Waals surface area contributed by atoms with Gasteiger partial charge in [0.05, 0.1) is 0 Å². The summed E-state index contributed by atoms with van der Waals surface area (Å²) in [6, 6.07) is 53.2. The van der Waals surface area contributed by atoms with Crippen LogP contribution in [0.4, 0.5) is 13.2 Å². The Hall–Kier alpha value is -6.64. The minimum atomic E-state index is -5.86.